The molecular weight excluding hydrogens is 224 g/mol. The average Bonchev–Trinajstić information content (AvgIpc) is 2.40. The predicted octanol–water partition coefficient (Wildman–Crippen LogP) is 2.12. The van der Waals surface area contributed by atoms with Gasteiger partial charge in [0.1, 0.15) is 0 Å². The fraction of sp³-hybridized carbons (Fsp3) is 0.533. The Morgan fingerprint density at radius 1 is 1.28 bits per heavy atom. The van der Waals surface area contributed by atoms with Gasteiger partial charge < -0.3 is 10.6 Å². The van der Waals surface area contributed by atoms with Gasteiger partial charge in [0, 0.05) is 12.6 Å². The van der Waals surface area contributed by atoms with E-state index in [0.29, 0.717) is 0 Å². The molecule has 1 aromatic rings. The van der Waals surface area contributed by atoms with Gasteiger partial charge in [0.05, 0.1) is 6.54 Å². The number of nitrogens with zero attached hydrogens (tertiary/aromatic N) is 1. The van der Waals surface area contributed by atoms with E-state index in [1.54, 1.807) is 0 Å². The van der Waals surface area contributed by atoms with Crippen LogP contribution < -0.4 is 5.73 Å². The maximum atomic E-state index is 11.8. The number of likely N-dealkylation sites (N-methyl/N-ethyl adjacent to an activating group) is 1. The molecule has 1 rings (SSSR count). The van der Waals surface area contributed by atoms with Crippen molar-refractivity contribution in [3.63, 3.8) is 0 Å². The molecule has 1 aromatic carbocycles. The number of carbonyl (C=O) groups excluding carboxylic acids is 1. The molecule has 0 aliphatic carbocycles. The molecule has 0 aliphatic rings. The third kappa shape index (κ3) is 3.84. The highest BCUT2D eigenvalue weighted by Crippen LogP contribution is 2.13. The van der Waals surface area contributed by atoms with Crippen LogP contribution in [0.1, 0.15) is 31.4 Å². The van der Waals surface area contributed by atoms with Gasteiger partial charge in [-0.15, -0.1) is 0 Å². The van der Waals surface area contributed by atoms with E-state index in [1.165, 1.54) is 11.1 Å². The highest BCUT2D eigenvalue weighted by atomic mass is 16.2. The van der Waals surface area contributed by atoms with E-state index in [1.807, 2.05) is 11.8 Å². The molecule has 0 bridgehead atoms. The number of hydrogen-bond acceptors (Lipinski definition) is 2. The molecule has 0 aromatic heterocycles. The zero-order chi connectivity index (χ0) is 13.5. The van der Waals surface area contributed by atoms with Crippen LogP contribution in [0.5, 0.6) is 0 Å². The quantitative estimate of drug-likeness (QED) is 0.838. The number of amides is 1. The van der Waals surface area contributed by atoms with E-state index < -0.39 is 0 Å². The van der Waals surface area contributed by atoms with Crippen LogP contribution in [-0.4, -0.2) is 29.9 Å². The van der Waals surface area contributed by atoms with Gasteiger partial charge in [0.2, 0.25) is 5.91 Å². The number of benzene rings is 1. The summed E-state index contributed by atoms with van der Waals surface area (Å²) in [5.41, 5.74) is 8.00. The molecule has 1 amide bonds. The molecule has 0 saturated carbocycles. The minimum Gasteiger partial charge on any atom is -0.339 e. The Bertz CT molecular complexity index is 373. The highest BCUT2D eigenvalue weighted by Gasteiger charge is 2.19. The summed E-state index contributed by atoms with van der Waals surface area (Å²) < 4.78 is 0. The smallest absolute Gasteiger partial charge is 0.236 e. The van der Waals surface area contributed by atoms with Crippen molar-refractivity contribution in [1.82, 2.24) is 4.90 Å². The van der Waals surface area contributed by atoms with Crippen LogP contribution in [0.25, 0.3) is 0 Å². The van der Waals surface area contributed by atoms with Crippen LogP contribution in [-0.2, 0) is 11.2 Å². The molecule has 0 spiro atoms. The first-order chi connectivity index (χ1) is 8.62. The minimum atomic E-state index is 0.0384. The van der Waals surface area contributed by atoms with Gasteiger partial charge in [0.15, 0.2) is 0 Å². The lowest BCUT2D eigenvalue weighted by atomic mass is 10.0. The Morgan fingerprint density at radius 3 is 2.33 bits per heavy atom. The van der Waals surface area contributed by atoms with Crippen molar-refractivity contribution in [1.29, 1.82) is 0 Å². The van der Waals surface area contributed by atoms with Crippen LogP contribution in [0.4, 0.5) is 0 Å². The maximum absolute atomic E-state index is 11.8. The first-order valence-electron chi connectivity index (χ1n) is 6.67. The van der Waals surface area contributed by atoms with Crippen LogP contribution in [0, 0.1) is 6.92 Å². The SMILES string of the molecule is CCC(Cc1ccc(C)cc1)N(CC)C(=O)CN. The first-order valence-corrected chi connectivity index (χ1v) is 6.67. The highest BCUT2D eigenvalue weighted by molar-refractivity contribution is 5.78. The van der Waals surface area contributed by atoms with Crippen LogP contribution >= 0.6 is 0 Å². The molecular formula is C15H24N2O. The third-order valence-electron chi connectivity index (χ3n) is 3.34. The summed E-state index contributed by atoms with van der Waals surface area (Å²) in [6.07, 6.45) is 1.85. The number of rotatable bonds is 6. The molecule has 0 aliphatic heterocycles. The second-order valence-electron chi connectivity index (χ2n) is 4.64. The Hall–Kier alpha value is -1.35. The van der Waals surface area contributed by atoms with Crippen molar-refractivity contribution in [2.75, 3.05) is 13.1 Å². The lowest BCUT2D eigenvalue weighted by Crippen LogP contribution is -2.44. The molecule has 2 N–H and O–H groups in total. The third-order valence-corrected chi connectivity index (χ3v) is 3.34. The fourth-order valence-corrected chi connectivity index (χ4v) is 2.23. The van der Waals surface area contributed by atoms with E-state index in [-0.39, 0.29) is 18.5 Å². The molecule has 0 heterocycles. The van der Waals surface area contributed by atoms with Crippen molar-refractivity contribution in [2.24, 2.45) is 5.73 Å². The van der Waals surface area contributed by atoms with E-state index in [4.69, 9.17) is 5.73 Å². The standard InChI is InChI=1S/C15H24N2O/c1-4-14(17(5-2)15(18)11-16)10-13-8-6-12(3)7-9-13/h6-9,14H,4-5,10-11,16H2,1-3H3. The Kier molecular flexibility index (Phi) is 5.86. The molecule has 3 heteroatoms. The zero-order valence-electron chi connectivity index (χ0n) is 11.6. The minimum absolute atomic E-state index is 0.0384. The number of aryl methyl sites for hydroxylation is 1. The molecule has 1 atom stereocenters. The summed E-state index contributed by atoms with van der Waals surface area (Å²) in [6.45, 7) is 7.02. The van der Waals surface area contributed by atoms with Gasteiger partial charge in [-0.1, -0.05) is 36.8 Å². The van der Waals surface area contributed by atoms with Crippen LogP contribution in [0.15, 0.2) is 24.3 Å². The second kappa shape index (κ2) is 7.17. The molecule has 1 unspecified atom stereocenters. The summed E-state index contributed by atoms with van der Waals surface area (Å²) >= 11 is 0. The molecule has 0 saturated heterocycles. The van der Waals surface area contributed by atoms with E-state index >= 15 is 0 Å². The first kappa shape index (κ1) is 14.7. The second-order valence-corrected chi connectivity index (χ2v) is 4.64. The van der Waals surface area contributed by atoms with Crippen molar-refractivity contribution in [3.8, 4) is 0 Å². The lowest BCUT2D eigenvalue weighted by molar-refractivity contribution is -0.131. The zero-order valence-corrected chi connectivity index (χ0v) is 11.6. The summed E-state index contributed by atoms with van der Waals surface area (Å²) in [7, 11) is 0. The van der Waals surface area contributed by atoms with E-state index in [9.17, 15) is 4.79 Å². The number of carbonyl (C=O) groups is 1. The molecule has 0 fully saturated rings. The fourth-order valence-electron chi connectivity index (χ4n) is 2.23. The van der Waals surface area contributed by atoms with E-state index in [0.717, 1.165) is 19.4 Å². The Balaban J connectivity index is 2.76. The van der Waals surface area contributed by atoms with Gasteiger partial charge in [-0.05, 0) is 32.3 Å². The van der Waals surface area contributed by atoms with Gasteiger partial charge in [0.25, 0.3) is 0 Å². The lowest BCUT2D eigenvalue weighted by Gasteiger charge is -2.30. The van der Waals surface area contributed by atoms with E-state index in [2.05, 4.69) is 38.1 Å². The summed E-state index contributed by atoms with van der Waals surface area (Å²) in [4.78, 5) is 13.7. The normalized spacial score (nSPS) is 12.2. The molecule has 0 radical (unpaired) electrons. The van der Waals surface area contributed by atoms with Crippen LogP contribution in [0.2, 0.25) is 0 Å². The molecule has 100 valence electrons. The molecule has 18 heavy (non-hydrogen) atoms. The van der Waals surface area contributed by atoms with Crippen molar-refractivity contribution in [2.45, 2.75) is 39.7 Å². The van der Waals surface area contributed by atoms with Crippen molar-refractivity contribution in [3.05, 3.63) is 35.4 Å². The Labute approximate surface area is 110 Å². The maximum Gasteiger partial charge on any atom is 0.236 e. The van der Waals surface area contributed by atoms with Gasteiger partial charge in [-0.2, -0.15) is 0 Å². The topological polar surface area (TPSA) is 46.3 Å². The van der Waals surface area contributed by atoms with Gasteiger partial charge in [-0.25, -0.2) is 0 Å². The monoisotopic (exact) mass is 248 g/mol. The number of nitrogens with two attached hydrogens (primary N) is 1. The largest absolute Gasteiger partial charge is 0.339 e. The van der Waals surface area contributed by atoms with Crippen molar-refractivity contribution < 1.29 is 4.79 Å². The number of hydrogen-bond donors (Lipinski definition) is 1. The Morgan fingerprint density at radius 2 is 1.89 bits per heavy atom. The molecule has 3 nitrogen and oxygen atoms in total. The van der Waals surface area contributed by atoms with Crippen LogP contribution in [0.3, 0.4) is 0 Å². The summed E-state index contributed by atoms with van der Waals surface area (Å²) in [6, 6.07) is 8.75. The summed E-state index contributed by atoms with van der Waals surface area (Å²) in [5, 5.41) is 0. The predicted molar refractivity (Wildman–Crippen MR) is 75.4 cm³/mol. The van der Waals surface area contributed by atoms with Crippen molar-refractivity contribution >= 4 is 5.91 Å². The van der Waals surface area contributed by atoms with Gasteiger partial charge >= 0.3 is 0 Å². The summed E-state index contributed by atoms with van der Waals surface area (Å²) in [5.74, 6) is 0.0384. The average molecular weight is 248 g/mol. The van der Waals surface area contributed by atoms with Gasteiger partial charge in [-0.3, -0.25) is 4.79 Å².